The Labute approximate surface area is 133 Å². The highest BCUT2D eigenvalue weighted by molar-refractivity contribution is 7.87. The minimum absolute atomic E-state index is 0.329. The molecule has 0 atom stereocenters. The topological polar surface area (TPSA) is 96.7 Å². The van der Waals surface area contributed by atoms with Gasteiger partial charge in [0.1, 0.15) is 11.1 Å². The molecule has 1 aromatic carbocycles. The summed E-state index contributed by atoms with van der Waals surface area (Å²) in [6.07, 6.45) is 2.48. The van der Waals surface area contributed by atoms with Crippen LogP contribution in [-0.2, 0) is 10.2 Å². The summed E-state index contributed by atoms with van der Waals surface area (Å²) in [5.74, 6) is -0.977. The summed E-state index contributed by atoms with van der Waals surface area (Å²) in [4.78, 5) is 24.1. The van der Waals surface area contributed by atoms with Crippen LogP contribution in [0.5, 0.6) is 0 Å². The van der Waals surface area contributed by atoms with E-state index in [1.54, 1.807) is 24.3 Å². The molecule has 3 rings (SSSR count). The molecule has 1 amide bonds. The molecule has 0 bridgehead atoms. The average molecular weight is 336 g/mol. The van der Waals surface area contributed by atoms with Crippen LogP contribution in [0, 0.1) is 0 Å². The first-order chi connectivity index (χ1) is 11.0. The molecule has 1 saturated heterocycles. The number of hydrogen-bond donors (Lipinski definition) is 1. The number of rotatable bonds is 3. The van der Waals surface area contributed by atoms with Crippen LogP contribution in [-0.4, -0.2) is 31.7 Å². The molecule has 8 heteroatoms. The molecule has 0 unspecified atom stereocenters. The maximum Gasteiger partial charge on any atom is 0.349 e. The zero-order valence-electron chi connectivity index (χ0n) is 12.3. The Morgan fingerprint density at radius 2 is 1.83 bits per heavy atom. The fraction of sp³-hybridized carbons (Fsp3) is 0.333. The molecule has 0 aliphatic carbocycles. The molecule has 1 N–H and O–H groups in total. The third-order valence-electron chi connectivity index (χ3n) is 3.76. The molecule has 2 heterocycles. The highest BCUT2D eigenvalue weighted by Crippen LogP contribution is 2.14. The lowest BCUT2D eigenvalue weighted by atomic mass is 10.2. The number of fused-ring (bicyclic) bond motifs is 1. The molecule has 0 radical (unpaired) electrons. The fourth-order valence-corrected chi connectivity index (χ4v) is 3.77. The summed E-state index contributed by atoms with van der Waals surface area (Å²) in [6, 6.07) is 8.04. The minimum Gasteiger partial charge on any atom is -0.422 e. The number of hydrogen-bond acceptors (Lipinski definition) is 5. The van der Waals surface area contributed by atoms with Crippen molar-refractivity contribution in [2.45, 2.75) is 19.3 Å². The SMILES string of the molecule is O=C(NS(=O)(=O)N1CCCCC1)c1cc2ccccc2oc1=O. The molecule has 1 aliphatic rings. The molecule has 0 saturated carbocycles. The number of carbonyl (C=O) groups is 1. The van der Waals surface area contributed by atoms with E-state index in [9.17, 15) is 18.0 Å². The van der Waals surface area contributed by atoms with Crippen LogP contribution in [0.2, 0.25) is 0 Å². The molecule has 2 aromatic rings. The average Bonchev–Trinajstić information content (AvgIpc) is 2.54. The molecule has 122 valence electrons. The maximum absolute atomic E-state index is 12.2. The summed E-state index contributed by atoms with van der Waals surface area (Å²) in [5, 5.41) is 0.549. The largest absolute Gasteiger partial charge is 0.422 e. The smallest absolute Gasteiger partial charge is 0.349 e. The monoisotopic (exact) mass is 336 g/mol. The number of para-hydroxylation sites is 1. The Morgan fingerprint density at radius 1 is 1.13 bits per heavy atom. The first-order valence-corrected chi connectivity index (χ1v) is 8.76. The number of nitrogens with zero attached hydrogens (tertiary/aromatic N) is 1. The van der Waals surface area contributed by atoms with Gasteiger partial charge in [-0.15, -0.1) is 0 Å². The third-order valence-corrected chi connectivity index (χ3v) is 5.25. The summed E-state index contributed by atoms with van der Waals surface area (Å²) in [7, 11) is -3.95. The lowest BCUT2D eigenvalue weighted by molar-refractivity contribution is 0.0975. The van der Waals surface area contributed by atoms with Crippen molar-refractivity contribution in [3.8, 4) is 0 Å². The standard InChI is InChI=1S/C15H16N2O5S/c18-14(16-23(20,21)17-8-4-1-5-9-17)12-10-11-6-2-3-7-13(11)22-15(12)19/h2-3,6-7,10H,1,4-5,8-9H2,(H,16,18). The summed E-state index contributed by atoms with van der Waals surface area (Å²) < 4.78 is 32.6. The van der Waals surface area contributed by atoms with Gasteiger partial charge in [-0.3, -0.25) is 4.79 Å². The van der Waals surface area contributed by atoms with E-state index in [0.29, 0.717) is 24.1 Å². The molecule has 1 fully saturated rings. The van der Waals surface area contributed by atoms with E-state index < -0.39 is 21.7 Å². The zero-order valence-corrected chi connectivity index (χ0v) is 13.1. The molecular weight excluding hydrogens is 320 g/mol. The van der Waals surface area contributed by atoms with Crippen LogP contribution in [0.25, 0.3) is 11.0 Å². The first kappa shape index (κ1) is 15.7. The van der Waals surface area contributed by atoms with Crippen molar-refractivity contribution < 1.29 is 17.6 Å². The predicted octanol–water partition coefficient (Wildman–Crippen LogP) is 1.25. The summed E-state index contributed by atoms with van der Waals surface area (Å²) >= 11 is 0. The van der Waals surface area contributed by atoms with E-state index in [-0.39, 0.29) is 5.56 Å². The van der Waals surface area contributed by atoms with Crippen LogP contribution < -0.4 is 10.3 Å². The van der Waals surface area contributed by atoms with Crippen LogP contribution in [0.3, 0.4) is 0 Å². The lowest BCUT2D eigenvalue weighted by Gasteiger charge is -2.25. The van der Waals surface area contributed by atoms with Crippen molar-refractivity contribution in [1.82, 2.24) is 9.03 Å². The van der Waals surface area contributed by atoms with Crippen molar-refractivity contribution in [3.05, 3.63) is 46.3 Å². The molecule has 0 spiro atoms. The van der Waals surface area contributed by atoms with Crippen molar-refractivity contribution in [2.75, 3.05) is 13.1 Å². The Bertz CT molecular complexity index is 897. The van der Waals surface area contributed by atoms with E-state index in [2.05, 4.69) is 0 Å². The number of piperidine rings is 1. The normalized spacial score (nSPS) is 16.3. The van der Waals surface area contributed by atoms with Crippen molar-refractivity contribution in [2.24, 2.45) is 0 Å². The second-order valence-electron chi connectivity index (χ2n) is 5.38. The first-order valence-electron chi connectivity index (χ1n) is 7.32. The van der Waals surface area contributed by atoms with E-state index in [1.165, 1.54) is 10.4 Å². The van der Waals surface area contributed by atoms with E-state index in [1.807, 2.05) is 4.72 Å². The van der Waals surface area contributed by atoms with Gasteiger partial charge in [0.25, 0.3) is 5.91 Å². The van der Waals surface area contributed by atoms with E-state index in [0.717, 1.165) is 19.3 Å². The molecule has 23 heavy (non-hydrogen) atoms. The van der Waals surface area contributed by atoms with Gasteiger partial charge in [0, 0.05) is 18.5 Å². The van der Waals surface area contributed by atoms with Crippen LogP contribution in [0.15, 0.2) is 39.5 Å². The lowest BCUT2D eigenvalue weighted by Crippen LogP contribution is -2.46. The van der Waals surface area contributed by atoms with Gasteiger partial charge < -0.3 is 4.42 Å². The fourth-order valence-electron chi connectivity index (χ4n) is 2.56. The second-order valence-corrected chi connectivity index (χ2v) is 7.05. The Kier molecular flexibility index (Phi) is 4.18. The van der Waals surface area contributed by atoms with Crippen molar-refractivity contribution in [3.63, 3.8) is 0 Å². The second kappa shape index (κ2) is 6.13. The van der Waals surface area contributed by atoms with Gasteiger partial charge in [-0.2, -0.15) is 12.7 Å². The third kappa shape index (κ3) is 3.27. The number of carbonyl (C=O) groups excluding carboxylic acids is 1. The van der Waals surface area contributed by atoms with Crippen LogP contribution in [0.1, 0.15) is 29.6 Å². The van der Waals surface area contributed by atoms with Gasteiger partial charge in [-0.25, -0.2) is 9.52 Å². The van der Waals surface area contributed by atoms with Gasteiger partial charge >= 0.3 is 15.8 Å². The Balaban J connectivity index is 1.88. The maximum atomic E-state index is 12.2. The van der Waals surface area contributed by atoms with Gasteiger partial charge in [-0.05, 0) is 25.0 Å². The van der Waals surface area contributed by atoms with Gasteiger partial charge in [0.15, 0.2) is 0 Å². The molecule has 7 nitrogen and oxygen atoms in total. The highest BCUT2D eigenvalue weighted by atomic mass is 32.2. The molecular formula is C15H16N2O5S. The predicted molar refractivity (Wildman–Crippen MR) is 84.3 cm³/mol. The van der Waals surface area contributed by atoms with Crippen LogP contribution in [0.4, 0.5) is 0 Å². The van der Waals surface area contributed by atoms with Crippen molar-refractivity contribution in [1.29, 1.82) is 0 Å². The minimum atomic E-state index is -3.95. The summed E-state index contributed by atoms with van der Waals surface area (Å²) in [5.41, 5.74) is -0.854. The van der Waals surface area contributed by atoms with Crippen molar-refractivity contribution >= 4 is 27.1 Å². The number of amides is 1. The molecule has 1 aromatic heterocycles. The Morgan fingerprint density at radius 3 is 2.57 bits per heavy atom. The van der Waals surface area contributed by atoms with Gasteiger partial charge in [0.2, 0.25) is 0 Å². The molecule has 1 aliphatic heterocycles. The number of benzene rings is 1. The van der Waals surface area contributed by atoms with Crippen LogP contribution >= 0.6 is 0 Å². The summed E-state index contributed by atoms with van der Waals surface area (Å²) in [6.45, 7) is 0.740. The van der Waals surface area contributed by atoms with E-state index >= 15 is 0 Å². The van der Waals surface area contributed by atoms with Gasteiger partial charge in [-0.1, -0.05) is 24.6 Å². The Hall–Kier alpha value is -2.19. The van der Waals surface area contributed by atoms with E-state index in [4.69, 9.17) is 4.42 Å². The zero-order chi connectivity index (χ0) is 16.4. The number of nitrogens with one attached hydrogen (secondary N) is 1. The van der Waals surface area contributed by atoms with Gasteiger partial charge in [0.05, 0.1) is 0 Å². The quantitative estimate of drug-likeness (QED) is 0.851. The highest BCUT2D eigenvalue weighted by Gasteiger charge is 2.27.